The zero-order valence-electron chi connectivity index (χ0n) is 10.9. The molecule has 1 aromatic heterocycles. The van der Waals surface area contributed by atoms with Crippen molar-refractivity contribution in [2.24, 2.45) is 5.92 Å². The van der Waals surface area contributed by atoms with E-state index in [9.17, 15) is 4.79 Å². The number of carbonyl (C=O) groups is 1. The van der Waals surface area contributed by atoms with Crippen molar-refractivity contribution < 1.29 is 9.53 Å². The SMILES string of the molecule is CCC(Nc1ncccc1C(=O)OC)C(C)C. The molecule has 4 nitrogen and oxygen atoms in total. The number of ether oxygens (including phenoxy) is 1. The Hall–Kier alpha value is -1.58. The maximum absolute atomic E-state index is 11.6. The van der Waals surface area contributed by atoms with E-state index in [2.05, 4.69) is 31.1 Å². The van der Waals surface area contributed by atoms with Gasteiger partial charge in [-0.2, -0.15) is 0 Å². The first kappa shape index (κ1) is 13.5. The fraction of sp³-hybridized carbons (Fsp3) is 0.538. The molecule has 1 heterocycles. The van der Waals surface area contributed by atoms with Gasteiger partial charge in [-0.25, -0.2) is 9.78 Å². The largest absolute Gasteiger partial charge is 0.465 e. The Balaban J connectivity index is 2.93. The lowest BCUT2D eigenvalue weighted by Gasteiger charge is -2.22. The van der Waals surface area contributed by atoms with Gasteiger partial charge in [-0.15, -0.1) is 0 Å². The van der Waals surface area contributed by atoms with Crippen LogP contribution in [0.15, 0.2) is 18.3 Å². The normalized spacial score (nSPS) is 12.3. The first-order valence-corrected chi connectivity index (χ1v) is 5.90. The number of anilines is 1. The first-order valence-electron chi connectivity index (χ1n) is 5.90. The number of aromatic nitrogens is 1. The van der Waals surface area contributed by atoms with E-state index in [0.29, 0.717) is 23.3 Å². The van der Waals surface area contributed by atoms with Crippen molar-refractivity contribution in [3.05, 3.63) is 23.9 Å². The molecule has 0 aromatic carbocycles. The van der Waals surface area contributed by atoms with Crippen LogP contribution >= 0.6 is 0 Å². The molecule has 0 aliphatic rings. The van der Waals surface area contributed by atoms with Crippen molar-refractivity contribution >= 4 is 11.8 Å². The van der Waals surface area contributed by atoms with Gasteiger partial charge in [-0.05, 0) is 24.5 Å². The van der Waals surface area contributed by atoms with Gasteiger partial charge in [0.25, 0.3) is 0 Å². The van der Waals surface area contributed by atoms with Crippen LogP contribution < -0.4 is 5.32 Å². The Morgan fingerprint density at radius 3 is 2.76 bits per heavy atom. The Labute approximate surface area is 102 Å². The van der Waals surface area contributed by atoms with Crippen molar-refractivity contribution in [2.45, 2.75) is 33.2 Å². The third-order valence-corrected chi connectivity index (χ3v) is 2.78. The van der Waals surface area contributed by atoms with E-state index < -0.39 is 0 Å². The molecule has 94 valence electrons. The molecule has 0 spiro atoms. The average molecular weight is 236 g/mol. The van der Waals surface area contributed by atoms with Crippen molar-refractivity contribution in [2.75, 3.05) is 12.4 Å². The van der Waals surface area contributed by atoms with Crippen molar-refractivity contribution in [1.29, 1.82) is 0 Å². The lowest BCUT2D eigenvalue weighted by Crippen LogP contribution is -2.26. The summed E-state index contributed by atoms with van der Waals surface area (Å²) in [5.74, 6) is 0.714. The Bertz CT molecular complexity index is 377. The molecule has 0 aliphatic heterocycles. The molecule has 1 aromatic rings. The average Bonchev–Trinajstić information content (AvgIpc) is 2.35. The zero-order valence-corrected chi connectivity index (χ0v) is 10.9. The summed E-state index contributed by atoms with van der Waals surface area (Å²) in [6, 6.07) is 3.75. The zero-order chi connectivity index (χ0) is 12.8. The van der Waals surface area contributed by atoms with E-state index in [1.807, 2.05) is 0 Å². The summed E-state index contributed by atoms with van der Waals surface area (Å²) in [5.41, 5.74) is 0.481. The third-order valence-electron chi connectivity index (χ3n) is 2.78. The molecule has 0 saturated carbocycles. The predicted octanol–water partition coefficient (Wildman–Crippen LogP) is 2.71. The molecule has 1 rings (SSSR count). The van der Waals surface area contributed by atoms with Crippen LogP contribution in [-0.2, 0) is 4.74 Å². The van der Waals surface area contributed by atoms with Gasteiger partial charge in [0.2, 0.25) is 0 Å². The van der Waals surface area contributed by atoms with Crippen LogP contribution in [0.25, 0.3) is 0 Å². The van der Waals surface area contributed by atoms with Crippen molar-refractivity contribution in [3.63, 3.8) is 0 Å². The van der Waals surface area contributed by atoms with Crippen LogP contribution in [0.3, 0.4) is 0 Å². The first-order chi connectivity index (χ1) is 8.10. The molecule has 0 saturated heterocycles. The fourth-order valence-electron chi connectivity index (χ4n) is 1.71. The lowest BCUT2D eigenvalue weighted by molar-refractivity contribution is 0.0601. The minimum Gasteiger partial charge on any atom is -0.465 e. The second kappa shape index (κ2) is 6.23. The van der Waals surface area contributed by atoms with Gasteiger partial charge < -0.3 is 10.1 Å². The maximum Gasteiger partial charge on any atom is 0.341 e. The number of carbonyl (C=O) groups excluding carboxylic acids is 1. The molecule has 1 atom stereocenters. The van der Waals surface area contributed by atoms with Crippen LogP contribution in [0.1, 0.15) is 37.6 Å². The topological polar surface area (TPSA) is 51.2 Å². The Morgan fingerprint density at radius 1 is 1.53 bits per heavy atom. The highest BCUT2D eigenvalue weighted by molar-refractivity contribution is 5.94. The number of nitrogens with one attached hydrogen (secondary N) is 1. The van der Waals surface area contributed by atoms with Crippen LogP contribution in [0, 0.1) is 5.92 Å². The van der Waals surface area contributed by atoms with E-state index >= 15 is 0 Å². The number of methoxy groups -OCH3 is 1. The molecule has 0 aliphatic carbocycles. The Morgan fingerprint density at radius 2 is 2.24 bits per heavy atom. The summed E-state index contributed by atoms with van der Waals surface area (Å²) < 4.78 is 4.73. The second-order valence-corrected chi connectivity index (χ2v) is 4.29. The van der Waals surface area contributed by atoms with Gasteiger partial charge in [-0.3, -0.25) is 0 Å². The van der Waals surface area contributed by atoms with E-state index in [4.69, 9.17) is 4.74 Å². The fourth-order valence-corrected chi connectivity index (χ4v) is 1.71. The molecule has 0 fully saturated rings. The Kier molecular flexibility index (Phi) is 4.94. The van der Waals surface area contributed by atoms with Crippen molar-refractivity contribution in [3.8, 4) is 0 Å². The highest BCUT2D eigenvalue weighted by atomic mass is 16.5. The van der Waals surface area contributed by atoms with Crippen LogP contribution in [0.4, 0.5) is 5.82 Å². The number of hydrogen-bond donors (Lipinski definition) is 1. The molecular formula is C13H20N2O2. The standard InChI is InChI=1S/C13H20N2O2/c1-5-11(9(2)3)15-12-10(13(16)17-4)7-6-8-14-12/h6-9,11H,5H2,1-4H3,(H,14,15). The van der Waals surface area contributed by atoms with Gasteiger partial charge in [0.05, 0.1) is 7.11 Å². The summed E-state index contributed by atoms with van der Waals surface area (Å²) >= 11 is 0. The van der Waals surface area contributed by atoms with E-state index in [1.54, 1.807) is 18.3 Å². The van der Waals surface area contributed by atoms with Crippen LogP contribution in [0.5, 0.6) is 0 Å². The van der Waals surface area contributed by atoms with Gasteiger partial charge in [0, 0.05) is 12.2 Å². The van der Waals surface area contributed by atoms with Crippen LogP contribution in [0.2, 0.25) is 0 Å². The molecule has 17 heavy (non-hydrogen) atoms. The molecule has 0 bridgehead atoms. The van der Waals surface area contributed by atoms with Gasteiger partial charge in [0.15, 0.2) is 0 Å². The highest BCUT2D eigenvalue weighted by Crippen LogP contribution is 2.17. The van der Waals surface area contributed by atoms with Crippen molar-refractivity contribution in [1.82, 2.24) is 4.98 Å². The summed E-state index contributed by atoms with van der Waals surface area (Å²) in [5, 5.41) is 3.30. The minimum absolute atomic E-state index is 0.299. The number of hydrogen-bond acceptors (Lipinski definition) is 4. The number of esters is 1. The summed E-state index contributed by atoms with van der Waals surface area (Å²) in [7, 11) is 1.37. The molecule has 0 radical (unpaired) electrons. The molecule has 0 amide bonds. The van der Waals surface area contributed by atoms with E-state index in [-0.39, 0.29) is 5.97 Å². The monoisotopic (exact) mass is 236 g/mol. The molecule has 4 heteroatoms. The third kappa shape index (κ3) is 3.44. The summed E-state index contributed by atoms with van der Waals surface area (Å²) in [6.07, 6.45) is 2.65. The predicted molar refractivity (Wildman–Crippen MR) is 68.1 cm³/mol. The van der Waals surface area contributed by atoms with Gasteiger partial charge in [-0.1, -0.05) is 20.8 Å². The second-order valence-electron chi connectivity index (χ2n) is 4.29. The number of nitrogens with zero attached hydrogens (tertiary/aromatic N) is 1. The maximum atomic E-state index is 11.6. The van der Waals surface area contributed by atoms with Crippen LogP contribution in [-0.4, -0.2) is 24.1 Å². The smallest absolute Gasteiger partial charge is 0.341 e. The van der Waals surface area contributed by atoms with E-state index in [0.717, 1.165) is 6.42 Å². The number of rotatable bonds is 5. The quantitative estimate of drug-likeness (QED) is 0.799. The molecule has 1 unspecified atom stereocenters. The summed E-state index contributed by atoms with van der Waals surface area (Å²) in [6.45, 7) is 6.39. The van der Waals surface area contributed by atoms with Gasteiger partial charge in [0.1, 0.15) is 11.4 Å². The minimum atomic E-state index is -0.362. The highest BCUT2D eigenvalue weighted by Gasteiger charge is 2.17. The van der Waals surface area contributed by atoms with Gasteiger partial charge >= 0.3 is 5.97 Å². The summed E-state index contributed by atoms with van der Waals surface area (Å²) in [4.78, 5) is 15.8. The molecular weight excluding hydrogens is 216 g/mol. The lowest BCUT2D eigenvalue weighted by atomic mass is 10.0. The molecule has 1 N–H and O–H groups in total. The van der Waals surface area contributed by atoms with E-state index in [1.165, 1.54) is 7.11 Å². The number of pyridine rings is 1.